The third-order valence-corrected chi connectivity index (χ3v) is 5.29. The zero-order valence-electron chi connectivity index (χ0n) is 15.0. The summed E-state index contributed by atoms with van der Waals surface area (Å²) in [7, 11) is -3.68. The molecule has 0 aliphatic heterocycles. The van der Waals surface area contributed by atoms with Crippen LogP contribution in [-0.2, 0) is 22.0 Å². The Hall–Kier alpha value is -2.67. The summed E-state index contributed by atoms with van der Waals surface area (Å²) in [4.78, 5) is 4.23. The van der Waals surface area contributed by atoms with Crippen molar-refractivity contribution in [3.05, 3.63) is 72.2 Å². The van der Waals surface area contributed by atoms with Gasteiger partial charge in [0.1, 0.15) is 5.82 Å². The summed E-state index contributed by atoms with van der Waals surface area (Å²) in [5.41, 5.74) is 1.61. The molecule has 1 N–H and O–H groups in total. The quantitative estimate of drug-likeness (QED) is 0.746. The van der Waals surface area contributed by atoms with Crippen LogP contribution in [0.2, 0.25) is 0 Å². The number of hydrogen-bond donors (Lipinski definition) is 1. The summed E-state index contributed by atoms with van der Waals surface area (Å²) in [6.07, 6.45) is 3.41. The minimum Gasteiger partial charge on any atom is -0.265 e. The van der Waals surface area contributed by atoms with Crippen molar-refractivity contribution in [1.29, 1.82) is 0 Å². The number of nitrogens with zero attached hydrogens (tertiary/aromatic N) is 3. The van der Waals surface area contributed by atoms with E-state index in [2.05, 4.69) is 14.8 Å². The molecular formula is C19H22N4O2S. The molecule has 26 heavy (non-hydrogen) atoms. The van der Waals surface area contributed by atoms with Crippen LogP contribution in [0, 0.1) is 0 Å². The van der Waals surface area contributed by atoms with Crippen molar-refractivity contribution < 1.29 is 8.42 Å². The number of sulfonamides is 1. The summed E-state index contributed by atoms with van der Waals surface area (Å²) >= 11 is 0. The van der Waals surface area contributed by atoms with Crippen molar-refractivity contribution in [2.75, 3.05) is 4.72 Å². The predicted octanol–water partition coefficient (Wildman–Crippen LogP) is 3.42. The molecule has 136 valence electrons. The first-order valence-corrected chi connectivity index (χ1v) is 9.79. The zero-order valence-corrected chi connectivity index (χ0v) is 15.9. The van der Waals surface area contributed by atoms with Crippen LogP contribution in [0.1, 0.15) is 32.0 Å². The van der Waals surface area contributed by atoms with Gasteiger partial charge in [-0.1, -0.05) is 39.0 Å². The highest BCUT2D eigenvalue weighted by atomic mass is 32.2. The van der Waals surface area contributed by atoms with Crippen molar-refractivity contribution >= 4 is 15.8 Å². The van der Waals surface area contributed by atoms with Crippen molar-refractivity contribution in [3.63, 3.8) is 0 Å². The standard InChI is InChI=1S/C19H22N4O2S/c1-19(2,3)17-13-18(22-26(24,25)16-7-5-4-6-8-16)23(21-17)14-15-9-11-20-12-10-15/h4-13,22H,14H2,1-3H3. The molecule has 0 atom stereocenters. The third-order valence-electron chi connectivity index (χ3n) is 3.92. The fourth-order valence-electron chi connectivity index (χ4n) is 2.44. The molecule has 0 fully saturated rings. The third kappa shape index (κ3) is 4.11. The van der Waals surface area contributed by atoms with Crippen LogP contribution >= 0.6 is 0 Å². The normalized spacial score (nSPS) is 12.1. The number of anilines is 1. The molecule has 3 aromatic rings. The number of hydrogen-bond acceptors (Lipinski definition) is 4. The lowest BCUT2D eigenvalue weighted by molar-refractivity contribution is 0.546. The molecule has 0 unspecified atom stereocenters. The average molecular weight is 370 g/mol. The SMILES string of the molecule is CC(C)(C)c1cc(NS(=O)(=O)c2ccccc2)n(Cc2ccncc2)n1. The maximum absolute atomic E-state index is 12.7. The molecular weight excluding hydrogens is 348 g/mol. The van der Waals surface area contributed by atoms with Gasteiger partial charge in [-0.05, 0) is 29.8 Å². The lowest BCUT2D eigenvalue weighted by Gasteiger charge is -2.14. The largest absolute Gasteiger partial charge is 0.265 e. The summed E-state index contributed by atoms with van der Waals surface area (Å²) in [5, 5.41) is 4.62. The topological polar surface area (TPSA) is 76.9 Å². The van der Waals surface area contributed by atoms with Crippen molar-refractivity contribution in [2.24, 2.45) is 0 Å². The van der Waals surface area contributed by atoms with Gasteiger partial charge in [0, 0.05) is 23.9 Å². The smallest absolute Gasteiger partial charge is 0.263 e. The molecule has 3 rings (SSSR count). The monoisotopic (exact) mass is 370 g/mol. The van der Waals surface area contributed by atoms with E-state index in [1.807, 2.05) is 32.9 Å². The van der Waals surface area contributed by atoms with Gasteiger partial charge < -0.3 is 0 Å². The average Bonchev–Trinajstić information content (AvgIpc) is 2.99. The number of nitrogens with one attached hydrogen (secondary N) is 1. The highest BCUT2D eigenvalue weighted by molar-refractivity contribution is 7.92. The summed E-state index contributed by atoms with van der Waals surface area (Å²) < 4.78 is 29.8. The van der Waals surface area contributed by atoms with Crippen molar-refractivity contribution in [2.45, 2.75) is 37.6 Å². The first kappa shape index (κ1) is 18.1. The maximum Gasteiger partial charge on any atom is 0.263 e. The van der Waals surface area contributed by atoms with Crippen LogP contribution in [0.5, 0.6) is 0 Å². The predicted molar refractivity (Wildman–Crippen MR) is 102 cm³/mol. The van der Waals surface area contributed by atoms with Crippen molar-refractivity contribution in [3.8, 4) is 0 Å². The van der Waals surface area contributed by atoms with E-state index >= 15 is 0 Å². The van der Waals surface area contributed by atoms with Crippen LogP contribution in [0.4, 0.5) is 5.82 Å². The Kier molecular flexibility index (Phi) is 4.82. The summed E-state index contributed by atoms with van der Waals surface area (Å²) in [5.74, 6) is 0.440. The molecule has 0 spiro atoms. The van der Waals surface area contributed by atoms with Gasteiger partial charge in [-0.3, -0.25) is 9.71 Å². The Morgan fingerprint density at radius 3 is 2.31 bits per heavy atom. The molecule has 0 saturated heterocycles. The van der Waals surface area contributed by atoms with Crippen LogP contribution < -0.4 is 4.72 Å². The molecule has 0 saturated carbocycles. The van der Waals surface area contributed by atoms with E-state index in [4.69, 9.17) is 0 Å². The second-order valence-electron chi connectivity index (χ2n) is 7.10. The van der Waals surface area contributed by atoms with Gasteiger partial charge in [0.2, 0.25) is 0 Å². The minimum atomic E-state index is -3.68. The van der Waals surface area contributed by atoms with Gasteiger partial charge in [0.05, 0.1) is 17.1 Å². The first-order chi connectivity index (χ1) is 12.3. The fraction of sp³-hybridized carbons (Fsp3) is 0.263. The van der Waals surface area contributed by atoms with Gasteiger partial charge in [-0.15, -0.1) is 0 Å². The first-order valence-electron chi connectivity index (χ1n) is 8.31. The summed E-state index contributed by atoms with van der Waals surface area (Å²) in [6.45, 7) is 6.58. The fourth-order valence-corrected chi connectivity index (χ4v) is 3.52. The highest BCUT2D eigenvalue weighted by Gasteiger charge is 2.23. The molecule has 2 heterocycles. The number of pyridine rings is 1. The van der Waals surface area contributed by atoms with Gasteiger partial charge in [-0.25, -0.2) is 13.1 Å². The molecule has 6 nitrogen and oxygen atoms in total. The Morgan fingerprint density at radius 2 is 1.69 bits per heavy atom. The lowest BCUT2D eigenvalue weighted by Crippen LogP contribution is -2.17. The number of aromatic nitrogens is 3. The molecule has 0 aliphatic carbocycles. The molecule has 7 heteroatoms. The Labute approximate surface area is 154 Å². The van der Waals surface area contributed by atoms with Gasteiger partial charge in [-0.2, -0.15) is 5.10 Å². The van der Waals surface area contributed by atoms with Crippen LogP contribution in [-0.4, -0.2) is 23.2 Å². The lowest BCUT2D eigenvalue weighted by atomic mass is 9.92. The van der Waals surface area contributed by atoms with Crippen molar-refractivity contribution in [1.82, 2.24) is 14.8 Å². The van der Waals surface area contributed by atoms with E-state index < -0.39 is 10.0 Å². The van der Waals surface area contributed by atoms with Crippen LogP contribution in [0.3, 0.4) is 0 Å². The van der Waals surface area contributed by atoms with E-state index in [-0.39, 0.29) is 10.3 Å². The zero-order chi connectivity index (χ0) is 18.8. The second kappa shape index (κ2) is 6.92. The van der Waals surface area contributed by atoms with Crippen LogP contribution in [0.15, 0.2) is 65.8 Å². The Bertz CT molecular complexity index is 975. The van der Waals surface area contributed by atoms with Gasteiger partial charge >= 0.3 is 0 Å². The van der Waals surface area contributed by atoms with E-state index in [9.17, 15) is 8.42 Å². The molecule has 1 aromatic carbocycles. The van der Waals surface area contributed by atoms with Gasteiger partial charge in [0.15, 0.2) is 0 Å². The van der Waals surface area contributed by atoms with E-state index in [0.29, 0.717) is 12.4 Å². The summed E-state index contributed by atoms with van der Waals surface area (Å²) in [6, 6.07) is 13.9. The van der Waals surface area contributed by atoms with E-state index in [0.717, 1.165) is 11.3 Å². The molecule has 0 radical (unpaired) electrons. The highest BCUT2D eigenvalue weighted by Crippen LogP contribution is 2.26. The molecule has 2 aromatic heterocycles. The Morgan fingerprint density at radius 1 is 1.04 bits per heavy atom. The van der Waals surface area contributed by atoms with Gasteiger partial charge in [0.25, 0.3) is 10.0 Å². The number of benzene rings is 1. The number of rotatable bonds is 5. The molecule has 0 amide bonds. The van der Waals surface area contributed by atoms with Crippen LogP contribution in [0.25, 0.3) is 0 Å². The minimum absolute atomic E-state index is 0.198. The van der Waals surface area contributed by atoms with E-state index in [1.165, 1.54) is 0 Å². The van der Waals surface area contributed by atoms with E-state index in [1.54, 1.807) is 53.5 Å². The molecule has 0 bridgehead atoms. The molecule has 0 aliphatic rings. The second-order valence-corrected chi connectivity index (χ2v) is 8.78. The maximum atomic E-state index is 12.7. The Balaban J connectivity index is 1.98.